The Bertz CT molecular complexity index is 351. The van der Waals surface area contributed by atoms with Crippen LogP contribution in [0.2, 0.25) is 0 Å². The van der Waals surface area contributed by atoms with Crippen molar-refractivity contribution in [3.8, 4) is 0 Å². The second-order valence-corrected chi connectivity index (χ2v) is 3.90. The molecule has 1 aromatic rings. The lowest BCUT2D eigenvalue weighted by molar-refractivity contribution is -0.129. The summed E-state index contributed by atoms with van der Waals surface area (Å²) in [5.74, 6) is -0.0497. The Morgan fingerprint density at radius 1 is 1.40 bits per heavy atom. The van der Waals surface area contributed by atoms with Crippen LogP contribution in [-0.4, -0.2) is 22.8 Å². The Hall–Kier alpha value is -1.42. The smallest absolute Gasteiger partial charge is 0.229 e. The van der Waals surface area contributed by atoms with Crippen LogP contribution in [0.3, 0.4) is 0 Å². The van der Waals surface area contributed by atoms with E-state index < -0.39 is 0 Å². The molecular formula is C11H14N2OS. The number of nitrogens with two attached hydrogens (primary N) is 1. The van der Waals surface area contributed by atoms with Gasteiger partial charge in [-0.25, -0.2) is 0 Å². The topological polar surface area (TPSA) is 46.3 Å². The van der Waals surface area contributed by atoms with Crippen molar-refractivity contribution in [1.29, 1.82) is 0 Å². The number of carbonyl (C=O) groups excluding carboxylic acids is 1. The Morgan fingerprint density at radius 2 is 2.00 bits per heavy atom. The molecule has 15 heavy (non-hydrogen) atoms. The average Bonchev–Trinajstić information content (AvgIpc) is 2.18. The van der Waals surface area contributed by atoms with Crippen molar-refractivity contribution < 1.29 is 4.79 Å². The monoisotopic (exact) mass is 222 g/mol. The van der Waals surface area contributed by atoms with E-state index in [0.29, 0.717) is 6.54 Å². The van der Waals surface area contributed by atoms with Crippen molar-refractivity contribution in [1.82, 2.24) is 4.90 Å². The molecule has 0 atom stereocenters. The fourth-order valence-corrected chi connectivity index (χ4v) is 1.35. The maximum Gasteiger partial charge on any atom is 0.229 e. The lowest BCUT2D eigenvalue weighted by Crippen LogP contribution is -2.29. The molecule has 0 saturated carbocycles. The molecule has 0 aromatic heterocycles. The lowest BCUT2D eigenvalue weighted by atomic mass is 10.2. The first-order chi connectivity index (χ1) is 7.09. The zero-order valence-corrected chi connectivity index (χ0v) is 9.46. The van der Waals surface area contributed by atoms with Gasteiger partial charge in [0.25, 0.3) is 0 Å². The molecule has 0 radical (unpaired) electrons. The van der Waals surface area contributed by atoms with Crippen LogP contribution in [0.25, 0.3) is 0 Å². The predicted molar refractivity (Wildman–Crippen MR) is 64.3 cm³/mol. The Balaban J connectivity index is 2.52. The van der Waals surface area contributed by atoms with Gasteiger partial charge in [0.15, 0.2) is 0 Å². The number of rotatable bonds is 4. The van der Waals surface area contributed by atoms with E-state index in [4.69, 9.17) is 5.73 Å². The van der Waals surface area contributed by atoms with Gasteiger partial charge in [0.05, 0.1) is 11.4 Å². The highest BCUT2D eigenvalue weighted by Gasteiger charge is 2.09. The summed E-state index contributed by atoms with van der Waals surface area (Å²) in [5, 5.41) is 0. The van der Waals surface area contributed by atoms with Gasteiger partial charge >= 0.3 is 0 Å². The quantitative estimate of drug-likeness (QED) is 0.782. The molecule has 0 aliphatic carbocycles. The third-order valence-electron chi connectivity index (χ3n) is 2.01. The maximum atomic E-state index is 11.5. The molecule has 80 valence electrons. The number of hydrogen-bond donors (Lipinski definition) is 1. The summed E-state index contributed by atoms with van der Waals surface area (Å²) in [5.41, 5.74) is 6.40. The van der Waals surface area contributed by atoms with E-state index in [0.717, 1.165) is 5.56 Å². The predicted octanol–water partition coefficient (Wildman–Crippen LogP) is 1.32. The van der Waals surface area contributed by atoms with Gasteiger partial charge in [-0.2, -0.15) is 0 Å². The maximum absolute atomic E-state index is 11.5. The third kappa shape index (κ3) is 4.08. The summed E-state index contributed by atoms with van der Waals surface area (Å²) in [6, 6.07) is 9.79. The first kappa shape index (κ1) is 11.7. The van der Waals surface area contributed by atoms with E-state index in [1.807, 2.05) is 30.3 Å². The minimum Gasteiger partial charge on any atom is -0.393 e. The summed E-state index contributed by atoms with van der Waals surface area (Å²) in [6.45, 7) is 0.586. The first-order valence-corrected chi connectivity index (χ1v) is 5.06. The van der Waals surface area contributed by atoms with Gasteiger partial charge < -0.3 is 10.6 Å². The van der Waals surface area contributed by atoms with Gasteiger partial charge in [0.2, 0.25) is 5.91 Å². The molecule has 1 aromatic carbocycles. The van der Waals surface area contributed by atoms with Crippen molar-refractivity contribution in [2.75, 3.05) is 7.05 Å². The zero-order valence-electron chi connectivity index (χ0n) is 8.64. The van der Waals surface area contributed by atoms with Gasteiger partial charge in [-0.1, -0.05) is 42.5 Å². The van der Waals surface area contributed by atoms with Crippen LogP contribution in [0.1, 0.15) is 12.0 Å². The van der Waals surface area contributed by atoms with Crippen molar-refractivity contribution in [3.05, 3.63) is 35.9 Å². The van der Waals surface area contributed by atoms with Crippen LogP contribution in [0.15, 0.2) is 30.3 Å². The third-order valence-corrected chi connectivity index (χ3v) is 2.16. The number of carbonyl (C=O) groups is 1. The number of hydrogen-bond acceptors (Lipinski definition) is 2. The zero-order chi connectivity index (χ0) is 11.3. The summed E-state index contributed by atoms with van der Waals surface area (Å²) >= 11 is 4.69. The van der Waals surface area contributed by atoms with Gasteiger partial charge in [-0.15, -0.1) is 0 Å². The van der Waals surface area contributed by atoms with Gasteiger partial charge in [-0.3, -0.25) is 4.79 Å². The Labute approximate surface area is 94.9 Å². The van der Waals surface area contributed by atoms with E-state index in [2.05, 4.69) is 12.2 Å². The van der Waals surface area contributed by atoms with Crippen molar-refractivity contribution >= 4 is 23.1 Å². The summed E-state index contributed by atoms with van der Waals surface area (Å²) in [6.07, 6.45) is 0.138. The van der Waals surface area contributed by atoms with E-state index >= 15 is 0 Å². The molecule has 0 aliphatic heterocycles. The number of nitrogens with zero attached hydrogens (tertiary/aromatic N) is 1. The molecule has 4 heteroatoms. The van der Waals surface area contributed by atoms with Crippen molar-refractivity contribution in [2.24, 2.45) is 5.73 Å². The molecular weight excluding hydrogens is 208 g/mol. The molecule has 0 unspecified atom stereocenters. The molecule has 0 saturated heterocycles. The van der Waals surface area contributed by atoms with Crippen LogP contribution in [0.5, 0.6) is 0 Å². The fourth-order valence-electron chi connectivity index (χ4n) is 1.23. The summed E-state index contributed by atoms with van der Waals surface area (Å²) in [4.78, 5) is 13.4. The highest BCUT2D eigenvalue weighted by atomic mass is 32.1. The van der Waals surface area contributed by atoms with Crippen LogP contribution in [0.4, 0.5) is 0 Å². The van der Waals surface area contributed by atoms with Gasteiger partial charge in [-0.05, 0) is 5.56 Å². The standard InChI is InChI=1S/C11H14N2OS/c1-13(11(14)7-10(12)15)8-9-5-3-2-4-6-9/h2-6H,7-8H2,1H3,(H2,12,15). The van der Waals surface area contributed by atoms with Crippen LogP contribution in [-0.2, 0) is 11.3 Å². The Morgan fingerprint density at radius 3 is 2.53 bits per heavy atom. The second-order valence-electron chi connectivity index (χ2n) is 3.38. The van der Waals surface area contributed by atoms with E-state index in [9.17, 15) is 4.79 Å². The fraction of sp³-hybridized carbons (Fsp3) is 0.273. The normalized spacial score (nSPS) is 9.67. The second kappa shape index (κ2) is 5.46. The van der Waals surface area contributed by atoms with Crippen LogP contribution in [0, 0.1) is 0 Å². The minimum atomic E-state index is -0.0497. The number of thiocarbonyl (C=S) groups is 1. The number of amides is 1. The molecule has 3 nitrogen and oxygen atoms in total. The molecule has 0 bridgehead atoms. The van der Waals surface area contributed by atoms with Crippen LogP contribution < -0.4 is 5.73 Å². The van der Waals surface area contributed by atoms with E-state index in [1.54, 1.807) is 11.9 Å². The molecule has 1 rings (SSSR count). The van der Waals surface area contributed by atoms with Gasteiger partial charge in [0, 0.05) is 13.6 Å². The van der Waals surface area contributed by atoms with Crippen LogP contribution >= 0.6 is 12.2 Å². The summed E-state index contributed by atoms with van der Waals surface area (Å²) in [7, 11) is 1.74. The van der Waals surface area contributed by atoms with Gasteiger partial charge in [0.1, 0.15) is 0 Å². The molecule has 0 heterocycles. The van der Waals surface area contributed by atoms with E-state index in [1.165, 1.54) is 0 Å². The minimum absolute atomic E-state index is 0.0497. The highest BCUT2D eigenvalue weighted by Crippen LogP contribution is 2.03. The first-order valence-electron chi connectivity index (χ1n) is 4.66. The molecule has 0 fully saturated rings. The van der Waals surface area contributed by atoms with Crippen molar-refractivity contribution in [2.45, 2.75) is 13.0 Å². The summed E-state index contributed by atoms with van der Waals surface area (Å²) < 4.78 is 0. The molecule has 2 N–H and O–H groups in total. The highest BCUT2D eigenvalue weighted by molar-refractivity contribution is 7.80. The largest absolute Gasteiger partial charge is 0.393 e. The Kier molecular flexibility index (Phi) is 4.24. The molecule has 0 aliphatic rings. The van der Waals surface area contributed by atoms with Crippen molar-refractivity contribution in [3.63, 3.8) is 0 Å². The lowest BCUT2D eigenvalue weighted by Gasteiger charge is -2.16. The van der Waals surface area contributed by atoms with E-state index in [-0.39, 0.29) is 17.3 Å². The SMILES string of the molecule is CN(Cc1ccccc1)C(=O)CC(N)=S. The molecule has 1 amide bonds. The molecule has 0 spiro atoms. The number of benzene rings is 1. The average molecular weight is 222 g/mol.